The van der Waals surface area contributed by atoms with Crippen LogP contribution in [0.2, 0.25) is 0 Å². The maximum atomic E-state index is 12.5. The van der Waals surface area contributed by atoms with Crippen molar-refractivity contribution >= 4 is 23.4 Å². The van der Waals surface area contributed by atoms with E-state index in [0.717, 1.165) is 36.9 Å². The number of nitrogens with one attached hydrogen (secondary N) is 3. The van der Waals surface area contributed by atoms with E-state index in [9.17, 15) is 9.59 Å². The Morgan fingerprint density at radius 3 is 2.81 bits per heavy atom. The van der Waals surface area contributed by atoms with E-state index < -0.39 is 0 Å². The molecule has 0 saturated carbocycles. The van der Waals surface area contributed by atoms with Crippen molar-refractivity contribution in [3.63, 3.8) is 0 Å². The van der Waals surface area contributed by atoms with Gasteiger partial charge in [0.15, 0.2) is 0 Å². The number of quaternary nitrogens is 2. The van der Waals surface area contributed by atoms with Gasteiger partial charge in [0.25, 0.3) is 5.56 Å². The van der Waals surface area contributed by atoms with Crippen molar-refractivity contribution in [3.05, 3.63) is 28.2 Å². The minimum absolute atomic E-state index is 0.0179. The summed E-state index contributed by atoms with van der Waals surface area (Å²) >= 11 is 1.52. The Balaban J connectivity index is 1.59. The zero-order valence-electron chi connectivity index (χ0n) is 16.4. The summed E-state index contributed by atoms with van der Waals surface area (Å²) in [6.07, 6.45) is 5.69. The summed E-state index contributed by atoms with van der Waals surface area (Å²) < 4.78 is 1.95. The number of amides is 1. The average Bonchev–Trinajstić information content (AvgIpc) is 2.64. The zero-order valence-corrected chi connectivity index (χ0v) is 17.2. The largest absolute Gasteiger partial charge is 0.337 e. The number of likely N-dealkylation sites (tertiary alicyclic amines) is 2. The van der Waals surface area contributed by atoms with Crippen molar-refractivity contribution in [1.82, 2.24) is 4.57 Å². The number of thioether (sulfide) groups is 1. The molecular formula is C20H32N4O2S+2. The summed E-state index contributed by atoms with van der Waals surface area (Å²) in [7, 11) is 2.29. The molecule has 0 spiro atoms. The Kier molecular flexibility index (Phi) is 5.62. The van der Waals surface area contributed by atoms with Crippen molar-refractivity contribution in [2.75, 3.05) is 50.6 Å². The van der Waals surface area contributed by atoms with Gasteiger partial charge in [-0.1, -0.05) is 0 Å². The van der Waals surface area contributed by atoms with Crippen LogP contribution in [0, 0.1) is 5.92 Å². The highest BCUT2D eigenvalue weighted by atomic mass is 32.2. The first-order chi connectivity index (χ1) is 13.0. The van der Waals surface area contributed by atoms with Crippen LogP contribution < -0.4 is 20.7 Å². The number of hydrogen-bond donors (Lipinski definition) is 3. The van der Waals surface area contributed by atoms with Gasteiger partial charge in [0.05, 0.1) is 62.3 Å². The summed E-state index contributed by atoms with van der Waals surface area (Å²) in [4.78, 5) is 28.1. The summed E-state index contributed by atoms with van der Waals surface area (Å²) in [6, 6.07) is 4.19. The Morgan fingerprint density at radius 2 is 2.07 bits per heavy atom. The molecule has 3 N–H and O–H groups in total. The highest BCUT2D eigenvalue weighted by Gasteiger charge is 2.42. The number of aromatic nitrogens is 1. The molecule has 1 unspecified atom stereocenters. The first-order valence-corrected chi connectivity index (χ1v) is 11.6. The van der Waals surface area contributed by atoms with Crippen LogP contribution in [-0.4, -0.2) is 61.8 Å². The van der Waals surface area contributed by atoms with Crippen molar-refractivity contribution < 1.29 is 14.6 Å². The van der Waals surface area contributed by atoms with Gasteiger partial charge in [-0.25, -0.2) is 0 Å². The van der Waals surface area contributed by atoms with Crippen LogP contribution in [0.3, 0.4) is 0 Å². The second kappa shape index (κ2) is 7.97. The molecular weight excluding hydrogens is 360 g/mol. The van der Waals surface area contributed by atoms with Crippen LogP contribution in [-0.2, 0) is 11.3 Å². The lowest BCUT2D eigenvalue weighted by molar-refractivity contribution is -0.959. The number of hydrogen-bond acceptors (Lipinski definition) is 3. The van der Waals surface area contributed by atoms with E-state index in [4.69, 9.17) is 0 Å². The van der Waals surface area contributed by atoms with Crippen molar-refractivity contribution in [1.29, 1.82) is 0 Å². The van der Waals surface area contributed by atoms with Gasteiger partial charge in [0.2, 0.25) is 5.91 Å². The lowest BCUT2D eigenvalue weighted by Gasteiger charge is -2.44. The van der Waals surface area contributed by atoms with Crippen LogP contribution in [0.4, 0.5) is 5.69 Å². The summed E-state index contributed by atoms with van der Waals surface area (Å²) in [5.74, 6) is 1.41. The number of anilines is 1. The Hall–Kier alpha value is -1.31. The molecule has 148 valence electrons. The normalized spacial score (nSPS) is 32.6. The highest BCUT2D eigenvalue weighted by molar-refractivity contribution is 7.99. The molecule has 0 radical (unpaired) electrons. The van der Waals surface area contributed by atoms with Gasteiger partial charge in [-0.15, -0.1) is 0 Å². The summed E-state index contributed by atoms with van der Waals surface area (Å²) in [5.41, 5.74) is 2.00. The smallest absolute Gasteiger partial charge is 0.250 e. The fourth-order valence-corrected chi connectivity index (χ4v) is 5.78. The molecule has 2 saturated heterocycles. The number of fused-ring (bicyclic) bond motifs is 4. The van der Waals surface area contributed by atoms with E-state index in [-0.39, 0.29) is 11.5 Å². The second-order valence-electron chi connectivity index (χ2n) is 8.66. The molecule has 1 aromatic rings. The standard InChI is InChI=1S/C20H30N4O2S/c1-22-7-5-16(6-8-22)23-10-14-9-15(12-23)20-17(21-18(25)13-27-2)3-4-19(26)24(20)11-14/h3-4,14-16H,5-13H2,1-2H3,(H,21,25)/p+2/t14-,15+/m0/s1. The van der Waals surface area contributed by atoms with E-state index in [2.05, 4.69) is 12.4 Å². The third-order valence-corrected chi connectivity index (χ3v) is 7.25. The van der Waals surface area contributed by atoms with Crippen LogP contribution >= 0.6 is 11.8 Å². The third-order valence-electron chi connectivity index (χ3n) is 6.70. The lowest BCUT2D eigenvalue weighted by Crippen LogP contribution is -3.21. The van der Waals surface area contributed by atoms with Crippen molar-refractivity contribution in [3.8, 4) is 0 Å². The number of piperidine rings is 2. The number of rotatable bonds is 4. The molecule has 3 aliphatic heterocycles. The Labute approximate surface area is 165 Å². The molecule has 0 aliphatic carbocycles. The van der Waals surface area contributed by atoms with Gasteiger partial charge >= 0.3 is 0 Å². The van der Waals surface area contributed by atoms with Crippen LogP contribution in [0.5, 0.6) is 0 Å². The molecule has 6 nitrogen and oxygen atoms in total. The SMILES string of the molecule is CSCC(=O)Nc1ccc(=O)n2c1[C@@H]1C[C@H](C2)C[NH+](C2CC[NH+](C)CC2)C1. The quantitative estimate of drug-likeness (QED) is 0.605. The molecule has 1 aromatic heterocycles. The second-order valence-corrected chi connectivity index (χ2v) is 9.52. The Morgan fingerprint density at radius 1 is 1.30 bits per heavy atom. The van der Waals surface area contributed by atoms with Crippen LogP contribution in [0.25, 0.3) is 0 Å². The predicted octanol–water partition coefficient (Wildman–Crippen LogP) is -1.17. The predicted molar refractivity (Wildman–Crippen MR) is 109 cm³/mol. The molecule has 2 bridgehead atoms. The molecule has 2 fully saturated rings. The lowest BCUT2D eigenvalue weighted by atomic mass is 9.81. The fourth-order valence-electron chi connectivity index (χ4n) is 5.44. The third kappa shape index (κ3) is 3.96. The van der Waals surface area contributed by atoms with E-state index in [1.807, 2.05) is 16.9 Å². The highest BCUT2D eigenvalue weighted by Crippen LogP contribution is 2.35. The molecule has 4 rings (SSSR count). The van der Waals surface area contributed by atoms with Crippen molar-refractivity contribution in [2.45, 2.75) is 37.8 Å². The van der Waals surface area contributed by atoms with E-state index in [0.29, 0.717) is 17.6 Å². The minimum atomic E-state index is 0.0179. The van der Waals surface area contributed by atoms with Gasteiger partial charge in [-0.3, -0.25) is 9.59 Å². The van der Waals surface area contributed by atoms with Gasteiger partial charge in [0.1, 0.15) is 0 Å². The first kappa shape index (κ1) is 19.0. The zero-order chi connectivity index (χ0) is 19.0. The fraction of sp³-hybridized carbons (Fsp3) is 0.700. The number of carbonyl (C=O) groups excluding carboxylic acids is 1. The van der Waals surface area contributed by atoms with Crippen LogP contribution in [0.1, 0.15) is 30.9 Å². The number of carbonyl (C=O) groups is 1. The molecule has 3 atom stereocenters. The van der Waals surface area contributed by atoms with Gasteiger partial charge in [0, 0.05) is 31.4 Å². The monoisotopic (exact) mass is 392 g/mol. The summed E-state index contributed by atoms with van der Waals surface area (Å²) in [6.45, 7) is 5.63. The van der Waals surface area contributed by atoms with Gasteiger partial charge < -0.3 is 19.7 Å². The molecule has 3 aliphatic rings. The van der Waals surface area contributed by atoms with E-state index >= 15 is 0 Å². The van der Waals surface area contributed by atoms with Gasteiger partial charge in [-0.2, -0.15) is 11.8 Å². The molecule has 4 heterocycles. The maximum Gasteiger partial charge on any atom is 0.250 e. The Bertz CT molecular complexity index is 757. The van der Waals surface area contributed by atoms with E-state index in [1.165, 1.54) is 44.2 Å². The number of pyridine rings is 1. The summed E-state index contributed by atoms with van der Waals surface area (Å²) in [5, 5.41) is 3.07. The van der Waals surface area contributed by atoms with E-state index in [1.54, 1.807) is 15.9 Å². The molecule has 0 aromatic carbocycles. The molecule has 27 heavy (non-hydrogen) atoms. The topological polar surface area (TPSA) is 60.0 Å². The first-order valence-electron chi connectivity index (χ1n) is 10.2. The molecule has 7 heteroatoms. The average molecular weight is 393 g/mol. The maximum absolute atomic E-state index is 12.5. The molecule has 1 amide bonds. The van der Waals surface area contributed by atoms with Gasteiger partial charge in [-0.05, 0) is 18.7 Å². The number of nitrogens with zero attached hydrogens (tertiary/aromatic N) is 1. The van der Waals surface area contributed by atoms with Crippen LogP contribution in [0.15, 0.2) is 16.9 Å². The van der Waals surface area contributed by atoms with Crippen molar-refractivity contribution in [2.24, 2.45) is 5.92 Å². The minimum Gasteiger partial charge on any atom is -0.337 e.